The van der Waals surface area contributed by atoms with Gasteiger partial charge in [0.25, 0.3) is 5.91 Å². The van der Waals surface area contributed by atoms with Gasteiger partial charge in [-0.25, -0.2) is 14.0 Å². The van der Waals surface area contributed by atoms with Crippen molar-refractivity contribution in [2.24, 2.45) is 0 Å². The highest BCUT2D eigenvalue weighted by molar-refractivity contribution is 8.00. The molecule has 174 valence electrons. The van der Waals surface area contributed by atoms with Gasteiger partial charge in [-0.3, -0.25) is 9.59 Å². The molecule has 3 aromatic carbocycles. The number of nitrogens with one attached hydrogen (secondary N) is 2. The molecule has 8 nitrogen and oxygen atoms in total. The first kappa shape index (κ1) is 24.7. The largest absolute Gasteiger partial charge is 0.478 e. The minimum Gasteiger partial charge on any atom is -0.478 e. The first-order valence-corrected chi connectivity index (χ1v) is 10.9. The summed E-state index contributed by atoms with van der Waals surface area (Å²) in [5.74, 6) is -4.42. The molecule has 0 aliphatic carbocycles. The van der Waals surface area contributed by atoms with Gasteiger partial charge < -0.3 is 20.8 Å². The van der Waals surface area contributed by atoms with Crippen LogP contribution in [0, 0.1) is 5.82 Å². The van der Waals surface area contributed by atoms with E-state index < -0.39 is 29.2 Å². The average Bonchev–Trinajstić information content (AvgIpc) is 2.80. The number of thioether (sulfide) groups is 1. The third-order valence-corrected chi connectivity index (χ3v) is 5.69. The molecule has 3 aromatic rings. The van der Waals surface area contributed by atoms with Gasteiger partial charge in [0.1, 0.15) is 5.82 Å². The highest BCUT2D eigenvalue weighted by atomic mass is 35.5. The number of benzene rings is 3. The lowest BCUT2D eigenvalue weighted by Gasteiger charge is -2.10. The molecule has 0 aliphatic heterocycles. The Bertz CT molecular complexity index is 1300. The van der Waals surface area contributed by atoms with Crippen LogP contribution < -0.4 is 10.6 Å². The second-order valence-electron chi connectivity index (χ2n) is 6.82. The molecule has 0 spiro atoms. The van der Waals surface area contributed by atoms with Crippen molar-refractivity contribution in [1.82, 2.24) is 0 Å². The van der Waals surface area contributed by atoms with E-state index in [2.05, 4.69) is 10.6 Å². The van der Waals surface area contributed by atoms with Crippen molar-refractivity contribution in [2.75, 3.05) is 16.4 Å². The van der Waals surface area contributed by atoms with Crippen molar-refractivity contribution in [3.63, 3.8) is 0 Å². The van der Waals surface area contributed by atoms with E-state index in [1.54, 1.807) is 24.3 Å². The van der Waals surface area contributed by atoms with Crippen LogP contribution >= 0.6 is 23.4 Å². The molecule has 0 atom stereocenters. The Morgan fingerprint density at radius 3 is 2.26 bits per heavy atom. The number of halogens is 2. The van der Waals surface area contributed by atoms with Crippen molar-refractivity contribution in [2.45, 2.75) is 4.90 Å². The molecule has 0 saturated carbocycles. The molecule has 3 rings (SSSR count). The molecule has 0 aliphatic rings. The number of hydrogen-bond acceptors (Lipinski definition) is 5. The molecule has 0 unspecified atom stereocenters. The molecule has 0 saturated heterocycles. The second-order valence-corrected chi connectivity index (χ2v) is 8.27. The Morgan fingerprint density at radius 2 is 1.59 bits per heavy atom. The van der Waals surface area contributed by atoms with E-state index in [1.165, 1.54) is 23.9 Å². The van der Waals surface area contributed by atoms with Gasteiger partial charge in [-0.05, 0) is 54.6 Å². The van der Waals surface area contributed by atoms with Gasteiger partial charge in [0.15, 0.2) is 0 Å². The van der Waals surface area contributed by atoms with Crippen molar-refractivity contribution >= 4 is 58.5 Å². The van der Waals surface area contributed by atoms with E-state index in [0.29, 0.717) is 16.3 Å². The van der Waals surface area contributed by atoms with Crippen LogP contribution in [0.5, 0.6) is 0 Å². The molecule has 4 N–H and O–H groups in total. The number of amides is 2. The summed E-state index contributed by atoms with van der Waals surface area (Å²) in [5, 5.41) is 23.4. The maximum absolute atomic E-state index is 13.2. The zero-order chi connectivity index (χ0) is 24.8. The van der Waals surface area contributed by atoms with Crippen LogP contribution in [0.2, 0.25) is 5.02 Å². The second kappa shape index (κ2) is 10.8. The minimum absolute atomic E-state index is 0.0200. The lowest BCUT2D eigenvalue weighted by molar-refractivity contribution is -0.113. The smallest absolute Gasteiger partial charge is 0.336 e. The number of aromatic carboxylic acids is 2. The van der Waals surface area contributed by atoms with Gasteiger partial charge in [-0.1, -0.05) is 17.7 Å². The highest BCUT2D eigenvalue weighted by Crippen LogP contribution is 2.24. The summed E-state index contributed by atoms with van der Waals surface area (Å²) in [5.41, 5.74) is -0.206. The van der Waals surface area contributed by atoms with Crippen molar-refractivity contribution in [3.8, 4) is 0 Å². The van der Waals surface area contributed by atoms with Crippen LogP contribution in [-0.2, 0) is 4.79 Å². The SMILES string of the molecule is O=C(CSc1cccc(NC(=O)c2ccc(C(=O)O)cc2C(=O)O)c1)Nc1ccc(F)c(Cl)c1. The third kappa shape index (κ3) is 6.33. The summed E-state index contributed by atoms with van der Waals surface area (Å²) in [6, 6.07) is 13.5. The van der Waals surface area contributed by atoms with Crippen LogP contribution in [0.25, 0.3) is 0 Å². The van der Waals surface area contributed by atoms with Crippen LogP contribution in [0.4, 0.5) is 15.8 Å². The van der Waals surface area contributed by atoms with E-state index in [1.807, 2.05) is 0 Å². The number of hydrogen-bond donors (Lipinski definition) is 4. The summed E-state index contributed by atoms with van der Waals surface area (Å²) in [7, 11) is 0. The van der Waals surface area contributed by atoms with E-state index in [0.717, 1.165) is 24.3 Å². The van der Waals surface area contributed by atoms with Crippen molar-refractivity contribution in [1.29, 1.82) is 0 Å². The van der Waals surface area contributed by atoms with E-state index in [-0.39, 0.29) is 27.8 Å². The Balaban J connectivity index is 1.66. The van der Waals surface area contributed by atoms with Gasteiger partial charge in [0, 0.05) is 16.3 Å². The fraction of sp³-hybridized carbons (Fsp3) is 0.0435. The van der Waals surface area contributed by atoms with Gasteiger partial charge in [-0.2, -0.15) is 0 Å². The summed E-state index contributed by atoms with van der Waals surface area (Å²) in [6.07, 6.45) is 0. The summed E-state index contributed by atoms with van der Waals surface area (Å²) >= 11 is 6.87. The van der Waals surface area contributed by atoms with Crippen LogP contribution in [0.15, 0.2) is 65.6 Å². The number of anilines is 2. The van der Waals surface area contributed by atoms with E-state index >= 15 is 0 Å². The van der Waals surface area contributed by atoms with Gasteiger partial charge in [0.2, 0.25) is 5.91 Å². The molecule has 0 heterocycles. The van der Waals surface area contributed by atoms with Crippen molar-refractivity contribution < 1.29 is 33.8 Å². The first-order chi connectivity index (χ1) is 16.1. The number of carbonyl (C=O) groups excluding carboxylic acids is 2. The van der Waals surface area contributed by atoms with Crippen LogP contribution in [0.3, 0.4) is 0 Å². The predicted octanol–water partition coefficient (Wildman–Crippen LogP) is 4.86. The fourth-order valence-corrected chi connectivity index (χ4v) is 3.77. The normalized spacial score (nSPS) is 10.4. The maximum Gasteiger partial charge on any atom is 0.336 e. The zero-order valence-electron chi connectivity index (χ0n) is 17.2. The standard InChI is InChI=1S/C23H16ClFN2O6S/c24-18-10-14(5-7-19(18)25)26-20(28)11-34-15-3-1-2-13(9-15)27-21(29)16-6-4-12(22(30)31)8-17(16)23(32)33/h1-10H,11H2,(H,26,28)(H,27,29)(H,30,31)(H,32,33). The third-order valence-electron chi connectivity index (χ3n) is 4.41. The number of carboxylic acid groups (broad SMARTS) is 2. The van der Waals surface area contributed by atoms with Gasteiger partial charge >= 0.3 is 11.9 Å². The summed E-state index contributed by atoms with van der Waals surface area (Å²) in [4.78, 5) is 48.0. The average molecular weight is 503 g/mol. The quantitative estimate of drug-likeness (QED) is 0.323. The first-order valence-electron chi connectivity index (χ1n) is 9.54. The van der Waals surface area contributed by atoms with Gasteiger partial charge in [-0.15, -0.1) is 11.8 Å². The van der Waals surface area contributed by atoms with Crippen LogP contribution in [0.1, 0.15) is 31.1 Å². The molecule has 0 fully saturated rings. The molecule has 0 radical (unpaired) electrons. The number of carbonyl (C=O) groups is 4. The Kier molecular flexibility index (Phi) is 7.87. The van der Waals surface area contributed by atoms with Crippen LogP contribution in [-0.4, -0.2) is 39.7 Å². The summed E-state index contributed by atoms with van der Waals surface area (Å²) < 4.78 is 13.2. The lowest BCUT2D eigenvalue weighted by Crippen LogP contribution is -2.17. The van der Waals surface area contributed by atoms with E-state index in [4.69, 9.17) is 16.7 Å². The molecule has 2 amide bonds. The predicted molar refractivity (Wildman–Crippen MR) is 126 cm³/mol. The summed E-state index contributed by atoms with van der Waals surface area (Å²) in [6.45, 7) is 0. The maximum atomic E-state index is 13.2. The number of carboxylic acids is 2. The molecule has 0 bridgehead atoms. The monoisotopic (exact) mass is 502 g/mol. The molecular formula is C23H16ClFN2O6S. The number of rotatable bonds is 8. The van der Waals surface area contributed by atoms with Gasteiger partial charge in [0.05, 0.1) is 27.5 Å². The molecule has 34 heavy (non-hydrogen) atoms. The Labute approximate surface area is 201 Å². The Morgan fingerprint density at radius 1 is 0.853 bits per heavy atom. The Hall–Kier alpha value is -3.89. The highest BCUT2D eigenvalue weighted by Gasteiger charge is 2.19. The fourth-order valence-electron chi connectivity index (χ4n) is 2.83. The topological polar surface area (TPSA) is 133 Å². The zero-order valence-corrected chi connectivity index (χ0v) is 18.7. The molecule has 0 aromatic heterocycles. The molecule has 11 heteroatoms. The lowest BCUT2D eigenvalue weighted by atomic mass is 10.0. The molecular weight excluding hydrogens is 487 g/mol. The van der Waals surface area contributed by atoms with E-state index in [9.17, 15) is 28.7 Å². The minimum atomic E-state index is -1.44. The van der Waals surface area contributed by atoms with Crippen molar-refractivity contribution in [3.05, 3.63) is 88.2 Å².